The molecule has 126 valence electrons. The summed E-state index contributed by atoms with van der Waals surface area (Å²) in [5.74, 6) is 0.116. The summed E-state index contributed by atoms with van der Waals surface area (Å²) in [5, 5.41) is 14.0. The van der Waals surface area contributed by atoms with Gasteiger partial charge in [0.2, 0.25) is 0 Å². The lowest BCUT2D eigenvalue weighted by atomic mass is 10.2. The molecule has 24 heavy (non-hydrogen) atoms. The molecule has 0 radical (unpaired) electrons. The Bertz CT molecular complexity index is 865. The number of anilines is 2. The molecule has 0 saturated heterocycles. The zero-order valence-electron chi connectivity index (χ0n) is 13.0. The summed E-state index contributed by atoms with van der Waals surface area (Å²) in [6.07, 6.45) is 0. The van der Waals surface area contributed by atoms with E-state index in [0.717, 1.165) is 5.69 Å². The third-order valence-electron chi connectivity index (χ3n) is 3.93. The first kappa shape index (κ1) is 16.3. The molecule has 1 aliphatic heterocycles. The predicted molar refractivity (Wildman–Crippen MR) is 91.7 cm³/mol. The van der Waals surface area contributed by atoms with Crippen LogP contribution in [0.3, 0.4) is 0 Å². The Morgan fingerprint density at radius 2 is 1.83 bits per heavy atom. The van der Waals surface area contributed by atoms with Crippen LogP contribution in [0.5, 0.6) is 0 Å². The summed E-state index contributed by atoms with van der Waals surface area (Å²) in [6, 6.07) is 12.2. The molecule has 1 atom stereocenters. The van der Waals surface area contributed by atoms with Crippen molar-refractivity contribution >= 4 is 27.1 Å². The maximum absolute atomic E-state index is 13.1. The molecule has 0 amide bonds. The van der Waals surface area contributed by atoms with E-state index in [2.05, 4.69) is 5.32 Å². The van der Waals surface area contributed by atoms with Gasteiger partial charge in [0.15, 0.2) is 0 Å². The molecule has 1 unspecified atom stereocenters. The van der Waals surface area contributed by atoms with Crippen molar-refractivity contribution in [3.05, 3.63) is 58.6 Å². The van der Waals surface area contributed by atoms with Crippen LogP contribution in [0.2, 0.25) is 0 Å². The minimum atomic E-state index is -3.80. The summed E-state index contributed by atoms with van der Waals surface area (Å²) in [6.45, 7) is 2.98. The van der Waals surface area contributed by atoms with Crippen LogP contribution in [0, 0.1) is 16.0 Å². The Hall–Kier alpha value is -2.61. The second-order valence-corrected chi connectivity index (χ2v) is 7.65. The third-order valence-corrected chi connectivity index (χ3v) is 5.72. The lowest BCUT2D eigenvalue weighted by molar-refractivity contribution is -0.384. The zero-order chi connectivity index (χ0) is 17.3. The molecular weight excluding hydrogens is 330 g/mol. The monoisotopic (exact) mass is 347 g/mol. The van der Waals surface area contributed by atoms with E-state index in [0.29, 0.717) is 18.8 Å². The molecule has 8 heteroatoms. The fourth-order valence-electron chi connectivity index (χ4n) is 2.67. The number of fused-ring (bicyclic) bond motifs is 1. The molecule has 0 saturated carbocycles. The standard InChI is InChI=1S/C16H17N3O4S/c1-12-10-17-15-4-2-3-5-16(15)18(11-12)24(22,23)14-8-6-13(7-9-14)19(20)21/h2-9,12,17H,10-11H2,1H3. The SMILES string of the molecule is CC1CNc2ccccc2N(S(=O)(=O)c2ccc([N+](=O)[O-])cc2)C1. The van der Waals surface area contributed by atoms with E-state index in [1.54, 1.807) is 12.1 Å². The molecule has 7 nitrogen and oxygen atoms in total. The number of nitrogens with zero attached hydrogens (tertiary/aromatic N) is 2. The van der Waals surface area contributed by atoms with Crippen molar-refractivity contribution in [2.24, 2.45) is 5.92 Å². The van der Waals surface area contributed by atoms with Crippen LogP contribution in [0.1, 0.15) is 6.92 Å². The fraction of sp³-hybridized carbons (Fsp3) is 0.250. The Morgan fingerprint density at radius 1 is 1.17 bits per heavy atom. The molecule has 0 aliphatic carbocycles. The minimum Gasteiger partial charge on any atom is -0.383 e. The highest BCUT2D eigenvalue weighted by Crippen LogP contribution is 2.33. The number of rotatable bonds is 3. The van der Waals surface area contributed by atoms with Crippen LogP contribution in [0.4, 0.5) is 17.1 Å². The third kappa shape index (κ3) is 2.92. The van der Waals surface area contributed by atoms with E-state index in [-0.39, 0.29) is 16.5 Å². The number of hydrogen-bond donors (Lipinski definition) is 1. The summed E-state index contributed by atoms with van der Waals surface area (Å²) >= 11 is 0. The quantitative estimate of drug-likeness (QED) is 0.681. The molecule has 3 rings (SSSR count). The molecule has 2 aromatic carbocycles. The second kappa shape index (κ2) is 6.12. The van der Waals surface area contributed by atoms with Gasteiger partial charge in [-0.25, -0.2) is 8.42 Å². The van der Waals surface area contributed by atoms with Crippen molar-refractivity contribution < 1.29 is 13.3 Å². The van der Waals surface area contributed by atoms with E-state index in [1.807, 2.05) is 19.1 Å². The first-order valence-corrected chi connectivity index (χ1v) is 8.93. The largest absolute Gasteiger partial charge is 0.383 e. The normalized spacial score (nSPS) is 17.5. The number of nitro benzene ring substituents is 1. The minimum absolute atomic E-state index is 0.0389. The maximum atomic E-state index is 13.1. The van der Waals surface area contributed by atoms with Crippen LogP contribution in [-0.2, 0) is 10.0 Å². The lowest BCUT2D eigenvalue weighted by Gasteiger charge is -2.25. The van der Waals surface area contributed by atoms with E-state index < -0.39 is 14.9 Å². The first-order chi connectivity index (χ1) is 11.4. The van der Waals surface area contributed by atoms with Crippen LogP contribution < -0.4 is 9.62 Å². The average Bonchev–Trinajstić information content (AvgIpc) is 2.75. The van der Waals surface area contributed by atoms with Gasteiger partial charge in [-0.05, 0) is 30.2 Å². The maximum Gasteiger partial charge on any atom is 0.269 e. The van der Waals surface area contributed by atoms with Gasteiger partial charge >= 0.3 is 0 Å². The molecule has 0 aromatic heterocycles. The zero-order valence-corrected chi connectivity index (χ0v) is 13.9. The molecule has 0 fully saturated rings. The number of nitrogens with one attached hydrogen (secondary N) is 1. The highest BCUT2D eigenvalue weighted by molar-refractivity contribution is 7.92. The van der Waals surface area contributed by atoms with Gasteiger partial charge in [-0.1, -0.05) is 19.1 Å². The fourth-order valence-corrected chi connectivity index (χ4v) is 4.27. The smallest absolute Gasteiger partial charge is 0.269 e. The molecule has 1 aliphatic rings. The number of sulfonamides is 1. The summed E-state index contributed by atoms with van der Waals surface area (Å²) in [5.41, 5.74) is 1.20. The van der Waals surface area contributed by atoms with Crippen LogP contribution in [-0.4, -0.2) is 26.4 Å². The molecule has 1 heterocycles. The topological polar surface area (TPSA) is 92.6 Å². The van der Waals surface area contributed by atoms with Gasteiger partial charge in [-0.3, -0.25) is 14.4 Å². The van der Waals surface area contributed by atoms with Gasteiger partial charge in [0, 0.05) is 25.2 Å². The number of para-hydroxylation sites is 2. The first-order valence-electron chi connectivity index (χ1n) is 7.49. The molecule has 0 bridgehead atoms. The predicted octanol–water partition coefficient (Wildman–Crippen LogP) is 2.85. The van der Waals surface area contributed by atoms with Crippen molar-refractivity contribution in [1.82, 2.24) is 0 Å². The van der Waals surface area contributed by atoms with E-state index in [1.165, 1.54) is 28.6 Å². The van der Waals surface area contributed by atoms with Crippen molar-refractivity contribution in [2.75, 3.05) is 22.7 Å². The summed E-state index contributed by atoms with van der Waals surface area (Å²) in [4.78, 5) is 10.2. The Labute approximate surface area is 140 Å². The highest BCUT2D eigenvalue weighted by atomic mass is 32.2. The van der Waals surface area contributed by atoms with Crippen LogP contribution >= 0.6 is 0 Å². The highest BCUT2D eigenvalue weighted by Gasteiger charge is 2.30. The second-order valence-electron chi connectivity index (χ2n) is 5.79. The van der Waals surface area contributed by atoms with Gasteiger partial charge in [-0.2, -0.15) is 0 Å². The van der Waals surface area contributed by atoms with Crippen molar-refractivity contribution in [2.45, 2.75) is 11.8 Å². The molecule has 1 N–H and O–H groups in total. The number of non-ortho nitro benzene ring substituents is 1. The average molecular weight is 347 g/mol. The molecule has 2 aromatic rings. The van der Waals surface area contributed by atoms with Gasteiger partial charge in [0.05, 0.1) is 21.2 Å². The molecule has 0 spiro atoms. The van der Waals surface area contributed by atoms with Crippen molar-refractivity contribution in [3.63, 3.8) is 0 Å². The van der Waals surface area contributed by atoms with Crippen LogP contribution in [0.15, 0.2) is 53.4 Å². The Kier molecular flexibility index (Phi) is 4.15. The Balaban J connectivity index is 2.06. The lowest BCUT2D eigenvalue weighted by Crippen LogP contribution is -2.34. The van der Waals surface area contributed by atoms with Crippen molar-refractivity contribution in [1.29, 1.82) is 0 Å². The van der Waals surface area contributed by atoms with E-state index in [4.69, 9.17) is 0 Å². The van der Waals surface area contributed by atoms with E-state index >= 15 is 0 Å². The number of nitro groups is 1. The summed E-state index contributed by atoms with van der Waals surface area (Å²) in [7, 11) is -3.80. The van der Waals surface area contributed by atoms with Gasteiger partial charge < -0.3 is 5.32 Å². The van der Waals surface area contributed by atoms with Crippen molar-refractivity contribution in [3.8, 4) is 0 Å². The van der Waals surface area contributed by atoms with Crippen LogP contribution in [0.25, 0.3) is 0 Å². The number of benzene rings is 2. The summed E-state index contributed by atoms with van der Waals surface area (Å²) < 4.78 is 27.5. The van der Waals surface area contributed by atoms with Gasteiger partial charge in [0.25, 0.3) is 15.7 Å². The van der Waals surface area contributed by atoms with E-state index in [9.17, 15) is 18.5 Å². The van der Waals surface area contributed by atoms with Gasteiger partial charge in [0.1, 0.15) is 0 Å². The Morgan fingerprint density at radius 3 is 2.50 bits per heavy atom. The molecular formula is C16H17N3O4S. The number of hydrogen-bond acceptors (Lipinski definition) is 5. The van der Waals surface area contributed by atoms with Gasteiger partial charge in [-0.15, -0.1) is 0 Å².